The minimum atomic E-state index is -0.143. The molecular formula is C12H16FNO. The molecule has 15 heavy (non-hydrogen) atoms. The SMILES string of the molecule is COc1cc(N2CCCC2)c(F)cc1C. The molecule has 2 nitrogen and oxygen atoms in total. The molecule has 0 N–H and O–H groups in total. The molecule has 0 aromatic heterocycles. The molecule has 0 amide bonds. The van der Waals surface area contributed by atoms with Gasteiger partial charge in [-0.2, -0.15) is 0 Å². The van der Waals surface area contributed by atoms with Gasteiger partial charge in [0.25, 0.3) is 0 Å². The lowest BCUT2D eigenvalue weighted by Gasteiger charge is -2.19. The number of anilines is 1. The van der Waals surface area contributed by atoms with Crippen LogP contribution in [0.3, 0.4) is 0 Å². The van der Waals surface area contributed by atoms with Gasteiger partial charge in [-0.3, -0.25) is 0 Å². The Hall–Kier alpha value is -1.25. The molecule has 2 rings (SSSR count). The van der Waals surface area contributed by atoms with E-state index >= 15 is 0 Å². The number of benzene rings is 1. The Morgan fingerprint density at radius 3 is 2.53 bits per heavy atom. The first-order valence-corrected chi connectivity index (χ1v) is 5.31. The van der Waals surface area contributed by atoms with Crippen LogP contribution in [0, 0.1) is 12.7 Å². The van der Waals surface area contributed by atoms with E-state index in [1.165, 1.54) is 0 Å². The molecule has 1 aliphatic heterocycles. The van der Waals surface area contributed by atoms with E-state index in [9.17, 15) is 4.39 Å². The second-order valence-corrected chi connectivity index (χ2v) is 3.97. The summed E-state index contributed by atoms with van der Waals surface area (Å²) in [6.45, 7) is 3.75. The van der Waals surface area contributed by atoms with Crippen molar-refractivity contribution < 1.29 is 9.13 Å². The number of ether oxygens (including phenoxy) is 1. The number of rotatable bonds is 2. The van der Waals surface area contributed by atoms with Crippen molar-refractivity contribution in [1.29, 1.82) is 0 Å². The fourth-order valence-electron chi connectivity index (χ4n) is 2.06. The predicted molar refractivity (Wildman–Crippen MR) is 59.1 cm³/mol. The second kappa shape index (κ2) is 4.09. The Morgan fingerprint density at radius 2 is 1.93 bits per heavy atom. The number of aryl methyl sites for hydroxylation is 1. The van der Waals surface area contributed by atoms with E-state index in [4.69, 9.17) is 4.74 Å². The Morgan fingerprint density at radius 1 is 1.27 bits per heavy atom. The van der Waals surface area contributed by atoms with Gasteiger partial charge in [-0.1, -0.05) is 0 Å². The first kappa shape index (κ1) is 10.3. The van der Waals surface area contributed by atoms with E-state index in [1.807, 2.05) is 6.92 Å². The molecule has 1 aromatic rings. The highest BCUT2D eigenvalue weighted by molar-refractivity contribution is 5.55. The maximum absolute atomic E-state index is 13.7. The standard InChI is InChI=1S/C12H16FNO/c1-9-7-10(13)11(8-12(9)15-2)14-5-3-4-6-14/h7-8H,3-6H2,1-2H3. The molecule has 3 heteroatoms. The molecule has 0 aliphatic carbocycles. The number of halogens is 1. The highest BCUT2D eigenvalue weighted by atomic mass is 19.1. The smallest absolute Gasteiger partial charge is 0.147 e. The first-order chi connectivity index (χ1) is 7.22. The summed E-state index contributed by atoms with van der Waals surface area (Å²) in [6.07, 6.45) is 2.30. The fourth-order valence-corrected chi connectivity index (χ4v) is 2.06. The Bertz CT molecular complexity index is 359. The molecular weight excluding hydrogens is 193 g/mol. The van der Waals surface area contributed by atoms with Gasteiger partial charge < -0.3 is 9.64 Å². The van der Waals surface area contributed by atoms with Gasteiger partial charge in [0.1, 0.15) is 11.6 Å². The van der Waals surface area contributed by atoms with Crippen LogP contribution in [-0.2, 0) is 0 Å². The van der Waals surface area contributed by atoms with Crippen molar-refractivity contribution in [3.63, 3.8) is 0 Å². The third kappa shape index (κ3) is 1.91. The van der Waals surface area contributed by atoms with E-state index in [2.05, 4.69) is 4.90 Å². The van der Waals surface area contributed by atoms with Crippen LogP contribution < -0.4 is 9.64 Å². The van der Waals surface area contributed by atoms with Crippen LogP contribution in [0.15, 0.2) is 12.1 Å². The summed E-state index contributed by atoms with van der Waals surface area (Å²) in [5, 5.41) is 0. The lowest BCUT2D eigenvalue weighted by Crippen LogP contribution is -2.19. The third-order valence-corrected chi connectivity index (χ3v) is 2.91. The summed E-state index contributed by atoms with van der Waals surface area (Å²) in [7, 11) is 1.62. The van der Waals surface area contributed by atoms with E-state index < -0.39 is 0 Å². The van der Waals surface area contributed by atoms with Crippen molar-refractivity contribution in [3.05, 3.63) is 23.5 Å². The van der Waals surface area contributed by atoms with Crippen LogP contribution in [0.1, 0.15) is 18.4 Å². The zero-order chi connectivity index (χ0) is 10.8. The molecule has 1 saturated heterocycles. The average molecular weight is 209 g/mol. The minimum Gasteiger partial charge on any atom is -0.496 e. The number of methoxy groups -OCH3 is 1. The summed E-state index contributed by atoms with van der Waals surface area (Å²) in [6, 6.07) is 3.35. The van der Waals surface area contributed by atoms with Gasteiger partial charge in [-0.25, -0.2) is 4.39 Å². The summed E-state index contributed by atoms with van der Waals surface area (Å²) in [4.78, 5) is 2.08. The lowest BCUT2D eigenvalue weighted by molar-refractivity contribution is 0.410. The monoisotopic (exact) mass is 209 g/mol. The quantitative estimate of drug-likeness (QED) is 0.742. The van der Waals surface area contributed by atoms with Crippen LogP contribution in [0.2, 0.25) is 0 Å². The van der Waals surface area contributed by atoms with Gasteiger partial charge in [0.2, 0.25) is 0 Å². The van der Waals surface area contributed by atoms with Crippen LogP contribution >= 0.6 is 0 Å². The topological polar surface area (TPSA) is 12.5 Å². The van der Waals surface area contributed by atoms with Gasteiger partial charge in [-0.15, -0.1) is 0 Å². The predicted octanol–water partition coefficient (Wildman–Crippen LogP) is 2.74. The third-order valence-electron chi connectivity index (χ3n) is 2.91. The fraction of sp³-hybridized carbons (Fsp3) is 0.500. The summed E-state index contributed by atoms with van der Waals surface area (Å²) in [5.41, 5.74) is 1.52. The Balaban J connectivity index is 2.37. The number of nitrogens with zero attached hydrogens (tertiary/aromatic N) is 1. The summed E-state index contributed by atoms with van der Waals surface area (Å²) in [5.74, 6) is 0.619. The summed E-state index contributed by atoms with van der Waals surface area (Å²) < 4.78 is 18.9. The maximum Gasteiger partial charge on any atom is 0.147 e. The van der Waals surface area contributed by atoms with Crippen molar-refractivity contribution in [2.45, 2.75) is 19.8 Å². The largest absolute Gasteiger partial charge is 0.496 e. The van der Waals surface area contributed by atoms with Gasteiger partial charge >= 0.3 is 0 Å². The highest BCUT2D eigenvalue weighted by Crippen LogP contribution is 2.30. The van der Waals surface area contributed by atoms with Crippen molar-refractivity contribution in [2.75, 3.05) is 25.1 Å². The molecule has 1 heterocycles. The molecule has 1 fully saturated rings. The van der Waals surface area contributed by atoms with Crippen molar-refractivity contribution in [2.24, 2.45) is 0 Å². The van der Waals surface area contributed by atoms with Gasteiger partial charge in [0, 0.05) is 19.2 Å². The molecule has 1 aromatic carbocycles. The Kier molecular flexibility index (Phi) is 2.80. The van der Waals surface area contributed by atoms with Crippen LogP contribution in [0.5, 0.6) is 5.75 Å². The van der Waals surface area contributed by atoms with Crippen LogP contribution in [0.25, 0.3) is 0 Å². The van der Waals surface area contributed by atoms with Gasteiger partial charge in [-0.05, 0) is 31.4 Å². The highest BCUT2D eigenvalue weighted by Gasteiger charge is 2.17. The van der Waals surface area contributed by atoms with Crippen molar-refractivity contribution in [3.8, 4) is 5.75 Å². The van der Waals surface area contributed by atoms with Crippen molar-refractivity contribution >= 4 is 5.69 Å². The minimum absolute atomic E-state index is 0.143. The normalized spacial score (nSPS) is 15.8. The Labute approximate surface area is 89.7 Å². The number of hydrogen-bond acceptors (Lipinski definition) is 2. The van der Waals surface area contributed by atoms with Gasteiger partial charge in [0.05, 0.1) is 12.8 Å². The number of hydrogen-bond donors (Lipinski definition) is 0. The second-order valence-electron chi connectivity index (χ2n) is 3.97. The first-order valence-electron chi connectivity index (χ1n) is 5.31. The molecule has 0 saturated carbocycles. The molecule has 0 atom stereocenters. The maximum atomic E-state index is 13.7. The molecule has 0 spiro atoms. The van der Waals surface area contributed by atoms with E-state index in [-0.39, 0.29) is 5.82 Å². The molecule has 0 radical (unpaired) electrons. The molecule has 0 bridgehead atoms. The lowest BCUT2D eigenvalue weighted by atomic mass is 10.2. The molecule has 82 valence electrons. The summed E-state index contributed by atoms with van der Waals surface area (Å²) >= 11 is 0. The average Bonchev–Trinajstić information content (AvgIpc) is 2.71. The van der Waals surface area contributed by atoms with Crippen molar-refractivity contribution in [1.82, 2.24) is 0 Å². The van der Waals surface area contributed by atoms with E-state index in [0.29, 0.717) is 5.69 Å². The van der Waals surface area contributed by atoms with Crippen LogP contribution in [0.4, 0.5) is 10.1 Å². The molecule has 0 unspecified atom stereocenters. The van der Waals surface area contributed by atoms with E-state index in [0.717, 1.165) is 37.2 Å². The van der Waals surface area contributed by atoms with Crippen LogP contribution in [-0.4, -0.2) is 20.2 Å². The van der Waals surface area contributed by atoms with Gasteiger partial charge in [0.15, 0.2) is 0 Å². The zero-order valence-electron chi connectivity index (χ0n) is 9.22. The molecule has 1 aliphatic rings. The van der Waals surface area contributed by atoms with E-state index in [1.54, 1.807) is 19.2 Å². The zero-order valence-corrected chi connectivity index (χ0v) is 9.22.